The van der Waals surface area contributed by atoms with Gasteiger partial charge in [0.1, 0.15) is 11.9 Å². The zero-order valence-corrected chi connectivity index (χ0v) is 21.8. The molecule has 3 aliphatic rings. The first kappa shape index (κ1) is 25.0. The Morgan fingerprint density at radius 2 is 1.32 bits per heavy atom. The van der Waals surface area contributed by atoms with E-state index >= 15 is 0 Å². The van der Waals surface area contributed by atoms with E-state index in [0.717, 1.165) is 27.2 Å². The van der Waals surface area contributed by atoms with Gasteiger partial charge in [0.05, 0.1) is 23.6 Å². The third-order valence-electron chi connectivity index (χ3n) is 8.24. The molecule has 0 aromatic heterocycles. The van der Waals surface area contributed by atoms with Gasteiger partial charge < -0.3 is 9.64 Å². The molecule has 0 spiro atoms. The summed E-state index contributed by atoms with van der Waals surface area (Å²) in [5.41, 5.74) is 3.18. The van der Waals surface area contributed by atoms with Crippen LogP contribution in [0.2, 0.25) is 0 Å². The molecule has 3 aliphatic heterocycles. The number of halogens is 1. The van der Waals surface area contributed by atoms with Gasteiger partial charge in [0, 0.05) is 6.20 Å². The molecule has 0 unspecified atom stereocenters. The minimum absolute atomic E-state index is 0.110. The molecule has 0 saturated carbocycles. The van der Waals surface area contributed by atoms with Crippen LogP contribution in [0.4, 0.5) is 10.1 Å². The highest BCUT2D eigenvalue weighted by Gasteiger charge is 2.65. The SMILES string of the molecule is O=C(OC(c1ccccc1)c1ccccc1)[C@@H]1[C@@H]2C(=O)N(c3ccccc3F)C(=O)[C@H]2[C@@H]2c3ccccc3C=CN12. The first-order chi connectivity index (χ1) is 20.0. The van der Waals surface area contributed by atoms with E-state index in [4.69, 9.17) is 4.74 Å². The second-order valence-corrected chi connectivity index (χ2v) is 10.4. The smallest absolute Gasteiger partial charge is 0.330 e. The number of anilines is 1. The summed E-state index contributed by atoms with van der Waals surface area (Å²) in [5, 5.41) is 0. The van der Waals surface area contributed by atoms with Crippen molar-refractivity contribution in [3.8, 4) is 0 Å². The van der Waals surface area contributed by atoms with Crippen molar-refractivity contribution in [2.75, 3.05) is 4.90 Å². The molecule has 0 bridgehead atoms. The highest BCUT2D eigenvalue weighted by atomic mass is 19.1. The first-order valence-corrected chi connectivity index (χ1v) is 13.5. The van der Waals surface area contributed by atoms with E-state index in [-0.39, 0.29) is 5.69 Å². The molecule has 3 heterocycles. The van der Waals surface area contributed by atoms with Crippen LogP contribution in [0.25, 0.3) is 6.08 Å². The Hall–Kier alpha value is -5.04. The number of carbonyl (C=O) groups excluding carboxylic acids is 3. The molecular formula is C34H25FN2O4. The molecule has 6 nitrogen and oxygen atoms in total. The first-order valence-electron chi connectivity index (χ1n) is 13.5. The van der Waals surface area contributed by atoms with Gasteiger partial charge in [-0.2, -0.15) is 0 Å². The van der Waals surface area contributed by atoms with Crippen LogP contribution < -0.4 is 4.90 Å². The quantitative estimate of drug-likeness (QED) is 0.239. The van der Waals surface area contributed by atoms with Crippen molar-refractivity contribution < 1.29 is 23.5 Å². The Labute approximate surface area is 236 Å². The number of imide groups is 1. The van der Waals surface area contributed by atoms with Crippen molar-refractivity contribution in [3.63, 3.8) is 0 Å². The number of hydrogen-bond donors (Lipinski definition) is 0. The highest BCUT2D eigenvalue weighted by molar-refractivity contribution is 6.24. The highest BCUT2D eigenvalue weighted by Crippen LogP contribution is 2.53. The third-order valence-corrected chi connectivity index (χ3v) is 8.24. The summed E-state index contributed by atoms with van der Waals surface area (Å²) >= 11 is 0. The van der Waals surface area contributed by atoms with Crippen molar-refractivity contribution in [1.82, 2.24) is 4.90 Å². The van der Waals surface area contributed by atoms with Crippen LogP contribution in [0.3, 0.4) is 0 Å². The number of fused-ring (bicyclic) bond motifs is 5. The number of rotatable bonds is 5. The molecule has 4 atom stereocenters. The monoisotopic (exact) mass is 544 g/mol. The summed E-state index contributed by atoms with van der Waals surface area (Å²) in [6.45, 7) is 0. The van der Waals surface area contributed by atoms with E-state index in [0.29, 0.717) is 0 Å². The van der Waals surface area contributed by atoms with Gasteiger partial charge in [0.2, 0.25) is 11.8 Å². The fourth-order valence-corrected chi connectivity index (χ4v) is 6.47. The number of para-hydroxylation sites is 1. The second-order valence-electron chi connectivity index (χ2n) is 10.4. The zero-order valence-electron chi connectivity index (χ0n) is 21.8. The summed E-state index contributed by atoms with van der Waals surface area (Å²) in [7, 11) is 0. The molecular weight excluding hydrogens is 519 g/mol. The van der Waals surface area contributed by atoms with Gasteiger partial charge in [-0.25, -0.2) is 14.1 Å². The summed E-state index contributed by atoms with van der Waals surface area (Å²) in [5.74, 6) is -4.38. The summed E-state index contributed by atoms with van der Waals surface area (Å²) in [6, 6.07) is 30.4. The average molecular weight is 545 g/mol. The lowest BCUT2D eigenvalue weighted by Gasteiger charge is -2.35. The van der Waals surface area contributed by atoms with Crippen LogP contribution in [-0.2, 0) is 19.1 Å². The van der Waals surface area contributed by atoms with Gasteiger partial charge in [0.25, 0.3) is 0 Å². The average Bonchev–Trinajstić information content (AvgIpc) is 3.49. The molecule has 0 aliphatic carbocycles. The van der Waals surface area contributed by atoms with Crippen LogP contribution in [0.15, 0.2) is 115 Å². The molecule has 0 N–H and O–H groups in total. The number of amides is 2. The standard InChI is InChI=1S/C34H25FN2O4/c35-25-17-9-10-18-26(25)37-32(38)27-28(33(37)39)30(36-20-19-21-11-7-8-16-24(21)29(27)36)34(40)41-31(22-12-3-1-4-13-22)23-14-5-2-6-15-23/h1-20,27-31H/t27-,28-,29+,30+/m1/s1. The van der Waals surface area contributed by atoms with Gasteiger partial charge in [-0.15, -0.1) is 0 Å². The lowest BCUT2D eigenvalue weighted by Crippen LogP contribution is -2.45. The molecule has 2 fully saturated rings. The van der Waals surface area contributed by atoms with Crippen LogP contribution in [0.1, 0.15) is 34.4 Å². The zero-order chi connectivity index (χ0) is 28.1. The molecule has 41 heavy (non-hydrogen) atoms. The predicted octanol–water partition coefficient (Wildman–Crippen LogP) is 5.67. The Balaban J connectivity index is 1.32. The number of benzene rings is 4. The van der Waals surface area contributed by atoms with Crippen molar-refractivity contribution >= 4 is 29.5 Å². The lowest BCUT2D eigenvalue weighted by atomic mass is 9.84. The van der Waals surface area contributed by atoms with E-state index < -0.39 is 53.6 Å². The van der Waals surface area contributed by atoms with Gasteiger partial charge in [-0.3, -0.25) is 9.59 Å². The van der Waals surface area contributed by atoms with Crippen molar-refractivity contribution in [1.29, 1.82) is 0 Å². The van der Waals surface area contributed by atoms with Gasteiger partial charge in [-0.1, -0.05) is 97.1 Å². The number of hydrogen-bond acceptors (Lipinski definition) is 5. The second kappa shape index (κ2) is 9.86. The van der Waals surface area contributed by atoms with E-state index in [1.807, 2.05) is 91.0 Å². The number of carbonyl (C=O) groups is 3. The number of ether oxygens (including phenoxy) is 1. The summed E-state index contributed by atoms with van der Waals surface area (Å²) < 4.78 is 21.1. The Kier molecular flexibility index (Phi) is 6.00. The molecule has 7 heteroatoms. The van der Waals surface area contributed by atoms with Gasteiger partial charge >= 0.3 is 5.97 Å². The molecule has 2 saturated heterocycles. The topological polar surface area (TPSA) is 66.9 Å². The Morgan fingerprint density at radius 3 is 2.00 bits per heavy atom. The fraction of sp³-hybridized carbons (Fsp3) is 0.147. The molecule has 0 radical (unpaired) electrons. The molecule has 4 aromatic carbocycles. The number of esters is 1. The Bertz CT molecular complexity index is 1650. The lowest BCUT2D eigenvalue weighted by molar-refractivity contribution is -0.155. The van der Waals surface area contributed by atoms with Crippen LogP contribution in [0.5, 0.6) is 0 Å². The van der Waals surface area contributed by atoms with E-state index in [2.05, 4.69) is 0 Å². The summed E-state index contributed by atoms with van der Waals surface area (Å²) in [4.78, 5) is 44.9. The largest absolute Gasteiger partial charge is 0.451 e. The minimum atomic E-state index is -1.09. The third kappa shape index (κ3) is 3.96. The molecule has 2 amide bonds. The normalized spacial score (nSPS) is 22.5. The predicted molar refractivity (Wildman–Crippen MR) is 151 cm³/mol. The number of nitrogens with zero attached hydrogens (tertiary/aromatic N) is 2. The van der Waals surface area contributed by atoms with Gasteiger partial charge in [-0.05, 0) is 40.5 Å². The van der Waals surface area contributed by atoms with Crippen LogP contribution >= 0.6 is 0 Å². The summed E-state index contributed by atoms with van der Waals surface area (Å²) in [6.07, 6.45) is 2.92. The maximum Gasteiger partial charge on any atom is 0.330 e. The van der Waals surface area contributed by atoms with E-state index in [9.17, 15) is 18.8 Å². The van der Waals surface area contributed by atoms with Crippen molar-refractivity contribution in [2.24, 2.45) is 11.8 Å². The minimum Gasteiger partial charge on any atom is -0.451 e. The maximum atomic E-state index is 14.9. The molecule has 4 aromatic rings. The maximum absolute atomic E-state index is 14.9. The fourth-order valence-electron chi connectivity index (χ4n) is 6.47. The van der Waals surface area contributed by atoms with Crippen molar-refractivity contribution in [3.05, 3.63) is 143 Å². The van der Waals surface area contributed by atoms with E-state index in [1.54, 1.807) is 17.2 Å². The Morgan fingerprint density at radius 1 is 0.732 bits per heavy atom. The van der Waals surface area contributed by atoms with Crippen molar-refractivity contribution in [2.45, 2.75) is 18.2 Å². The van der Waals surface area contributed by atoms with Crippen LogP contribution in [-0.4, -0.2) is 28.7 Å². The molecule has 202 valence electrons. The van der Waals surface area contributed by atoms with E-state index in [1.165, 1.54) is 18.2 Å². The van der Waals surface area contributed by atoms with Crippen LogP contribution in [0, 0.1) is 17.7 Å². The molecule has 7 rings (SSSR count). The van der Waals surface area contributed by atoms with Gasteiger partial charge in [0.15, 0.2) is 6.10 Å².